The van der Waals surface area contributed by atoms with Crippen LogP contribution in [0.2, 0.25) is 0 Å². The van der Waals surface area contributed by atoms with Gasteiger partial charge in [-0.3, -0.25) is 4.99 Å². The minimum atomic E-state index is 0.485. The third-order valence-electron chi connectivity index (χ3n) is 2.80. The van der Waals surface area contributed by atoms with Gasteiger partial charge < -0.3 is 5.32 Å². The summed E-state index contributed by atoms with van der Waals surface area (Å²) in [5.41, 5.74) is 1.17. The van der Waals surface area contributed by atoms with Crippen LogP contribution >= 0.6 is 23.5 Å². The van der Waals surface area contributed by atoms with Crippen molar-refractivity contribution in [3.05, 3.63) is 24.3 Å². The quantitative estimate of drug-likeness (QED) is 0.830. The Bertz CT molecular complexity index is 430. The summed E-state index contributed by atoms with van der Waals surface area (Å²) in [6.07, 6.45) is 3.29. The summed E-state index contributed by atoms with van der Waals surface area (Å²) in [7, 11) is 0. The smallest absolute Gasteiger partial charge is 0.161 e. The number of para-hydroxylation sites is 1. The van der Waals surface area contributed by atoms with E-state index in [1.54, 1.807) is 11.8 Å². The molecule has 0 aromatic heterocycles. The zero-order valence-electron chi connectivity index (χ0n) is 11.1. The standard InChI is InChI=1S/C14H20N2S2/c1-10(2)8-11-9-18-14(15-11)16-12-6-4-5-7-13(12)17-3/h4-7,10-11H,8-9H2,1-3H3,(H,15,16). The third-order valence-corrected chi connectivity index (χ3v) is 4.63. The Morgan fingerprint density at radius 2 is 2.22 bits per heavy atom. The van der Waals surface area contributed by atoms with Crippen LogP contribution in [0.5, 0.6) is 0 Å². The second kappa shape index (κ2) is 6.53. The summed E-state index contributed by atoms with van der Waals surface area (Å²) in [6, 6.07) is 8.87. The summed E-state index contributed by atoms with van der Waals surface area (Å²) in [6.45, 7) is 4.52. The molecule has 1 unspecified atom stereocenters. The molecule has 0 radical (unpaired) electrons. The van der Waals surface area contributed by atoms with Crippen LogP contribution in [-0.4, -0.2) is 23.2 Å². The highest BCUT2D eigenvalue weighted by molar-refractivity contribution is 8.14. The third kappa shape index (κ3) is 3.69. The normalized spacial score (nSPS) is 19.1. The minimum Gasteiger partial charge on any atom is -0.334 e. The molecule has 0 aliphatic carbocycles. The first-order valence-electron chi connectivity index (χ1n) is 6.29. The molecule has 0 spiro atoms. The number of rotatable bonds is 4. The van der Waals surface area contributed by atoms with E-state index in [1.165, 1.54) is 17.0 Å². The Morgan fingerprint density at radius 3 is 2.94 bits per heavy atom. The van der Waals surface area contributed by atoms with Crippen LogP contribution in [0, 0.1) is 5.92 Å². The fourth-order valence-electron chi connectivity index (χ4n) is 2.01. The predicted octanol–water partition coefficient (Wildman–Crippen LogP) is 4.34. The maximum absolute atomic E-state index is 4.76. The van der Waals surface area contributed by atoms with Gasteiger partial charge >= 0.3 is 0 Å². The van der Waals surface area contributed by atoms with E-state index >= 15 is 0 Å². The number of hydrogen-bond donors (Lipinski definition) is 1. The highest BCUT2D eigenvalue weighted by Crippen LogP contribution is 2.28. The Morgan fingerprint density at radius 1 is 1.44 bits per heavy atom. The van der Waals surface area contributed by atoms with Gasteiger partial charge in [-0.15, -0.1) is 11.8 Å². The molecule has 1 aliphatic heterocycles. The van der Waals surface area contributed by atoms with Crippen LogP contribution < -0.4 is 5.32 Å². The van der Waals surface area contributed by atoms with Crippen LogP contribution in [0.1, 0.15) is 20.3 Å². The molecular formula is C14H20N2S2. The molecule has 2 rings (SSSR count). The van der Waals surface area contributed by atoms with Crippen molar-refractivity contribution < 1.29 is 0 Å². The molecule has 1 aromatic carbocycles. The zero-order chi connectivity index (χ0) is 13.0. The van der Waals surface area contributed by atoms with Crippen LogP contribution in [0.25, 0.3) is 0 Å². The lowest BCUT2D eigenvalue weighted by Crippen LogP contribution is -2.08. The van der Waals surface area contributed by atoms with E-state index in [0.29, 0.717) is 6.04 Å². The van der Waals surface area contributed by atoms with Crippen LogP contribution in [0.4, 0.5) is 5.69 Å². The molecule has 0 fully saturated rings. The van der Waals surface area contributed by atoms with Crippen molar-refractivity contribution in [2.45, 2.75) is 31.2 Å². The summed E-state index contributed by atoms with van der Waals surface area (Å²) in [5.74, 6) is 1.83. The molecule has 0 saturated heterocycles. The molecular weight excluding hydrogens is 260 g/mol. The van der Waals surface area contributed by atoms with Crippen molar-refractivity contribution in [2.24, 2.45) is 10.9 Å². The SMILES string of the molecule is CSc1ccccc1NC1=NC(CC(C)C)CS1. The van der Waals surface area contributed by atoms with Gasteiger partial charge in [0.1, 0.15) is 0 Å². The van der Waals surface area contributed by atoms with Crippen LogP contribution in [0.15, 0.2) is 34.2 Å². The van der Waals surface area contributed by atoms with Gasteiger partial charge in [-0.05, 0) is 30.7 Å². The second-order valence-electron chi connectivity index (χ2n) is 4.85. The van der Waals surface area contributed by atoms with Gasteiger partial charge in [0, 0.05) is 10.6 Å². The average molecular weight is 280 g/mol. The number of nitrogens with one attached hydrogen (secondary N) is 1. The average Bonchev–Trinajstić information content (AvgIpc) is 2.76. The fraction of sp³-hybridized carbons (Fsp3) is 0.500. The van der Waals surface area contributed by atoms with Gasteiger partial charge in [-0.2, -0.15) is 0 Å². The van der Waals surface area contributed by atoms with Crippen molar-refractivity contribution >= 4 is 34.4 Å². The summed E-state index contributed by atoms with van der Waals surface area (Å²) < 4.78 is 0. The Labute approximate surface area is 118 Å². The van der Waals surface area contributed by atoms with E-state index in [9.17, 15) is 0 Å². The molecule has 1 N–H and O–H groups in total. The fourth-order valence-corrected chi connectivity index (χ4v) is 3.53. The molecule has 0 saturated carbocycles. The molecule has 1 heterocycles. The van der Waals surface area contributed by atoms with Crippen molar-refractivity contribution in [3.8, 4) is 0 Å². The molecule has 98 valence electrons. The summed E-state index contributed by atoms with van der Waals surface area (Å²) in [5, 5.41) is 4.53. The molecule has 1 atom stereocenters. The lowest BCUT2D eigenvalue weighted by molar-refractivity contribution is 0.529. The highest BCUT2D eigenvalue weighted by Gasteiger charge is 2.19. The Balaban J connectivity index is 2.02. The number of amidine groups is 1. The zero-order valence-corrected chi connectivity index (χ0v) is 12.8. The van der Waals surface area contributed by atoms with E-state index in [1.807, 2.05) is 11.8 Å². The number of nitrogens with zero attached hydrogens (tertiary/aromatic N) is 1. The van der Waals surface area contributed by atoms with E-state index in [4.69, 9.17) is 4.99 Å². The van der Waals surface area contributed by atoms with Gasteiger partial charge in [-0.1, -0.05) is 37.7 Å². The Kier molecular flexibility index (Phi) is 5.01. The largest absolute Gasteiger partial charge is 0.334 e. The highest BCUT2D eigenvalue weighted by atomic mass is 32.2. The Hall–Kier alpha value is -0.610. The molecule has 2 nitrogen and oxygen atoms in total. The molecule has 18 heavy (non-hydrogen) atoms. The maximum atomic E-state index is 4.76. The monoisotopic (exact) mass is 280 g/mol. The lowest BCUT2D eigenvalue weighted by Gasteiger charge is -2.09. The van der Waals surface area contributed by atoms with Gasteiger partial charge in [0.05, 0.1) is 11.7 Å². The number of hydrogen-bond acceptors (Lipinski definition) is 4. The van der Waals surface area contributed by atoms with Crippen molar-refractivity contribution in [2.75, 3.05) is 17.3 Å². The molecule has 0 amide bonds. The van der Waals surface area contributed by atoms with Crippen LogP contribution in [0.3, 0.4) is 0 Å². The minimum absolute atomic E-state index is 0.485. The predicted molar refractivity (Wildman–Crippen MR) is 85.0 cm³/mol. The number of aliphatic imine (C=N–C) groups is 1. The van der Waals surface area contributed by atoms with Gasteiger partial charge in [-0.25, -0.2) is 0 Å². The first-order valence-corrected chi connectivity index (χ1v) is 8.50. The topological polar surface area (TPSA) is 24.4 Å². The second-order valence-corrected chi connectivity index (χ2v) is 6.71. The van der Waals surface area contributed by atoms with Crippen molar-refractivity contribution in [1.82, 2.24) is 0 Å². The number of benzene rings is 1. The van der Waals surface area contributed by atoms with Gasteiger partial charge in [0.15, 0.2) is 5.17 Å². The molecule has 0 bridgehead atoms. The summed E-state index contributed by atoms with van der Waals surface area (Å²) >= 11 is 3.60. The first-order chi connectivity index (χ1) is 8.69. The first kappa shape index (κ1) is 13.8. The van der Waals surface area contributed by atoms with E-state index in [-0.39, 0.29) is 0 Å². The van der Waals surface area contributed by atoms with Gasteiger partial charge in [0.25, 0.3) is 0 Å². The van der Waals surface area contributed by atoms with Crippen LogP contribution in [-0.2, 0) is 0 Å². The molecule has 1 aliphatic rings. The molecule has 4 heteroatoms. The van der Waals surface area contributed by atoms with E-state index in [2.05, 4.69) is 49.7 Å². The summed E-state index contributed by atoms with van der Waals surface area (Å²) in [4.78, 5) is 6.03. The van der Waals surface area contributed by atoms with E-state index < -0.39 is 0 Å². The lowest BCUT2D eigenvalue weighted by atomic mass is 10.1. The number of anilines is 1. The van der Waals surface area contributed by atoms with Gasteiger partial charge in [0.2, 0.25) is 0 Å². The van der Waals surface area contributed by atoms with Crippen molar-refractivity contribution in [1.29, 1.82) is 0 Å². The van der Waals surface area contributed by atoms with E-state index in [0.717, 1.165) is 16.8 Å². The van der Waals surface area contributed by atoms with Crippen molar-refractivity contribution in [3.63, 3.8) is 0 Å². The number of thioether (sulfide) groups is 2. The maximum Gasteiger partial charge on any atom is 0.161 e. The molecule has 1 aromatic rings.